The highest BCUT2D eigenvalue weighted by atomic mass is 79.9. The van der Waals surface area contributed by atoms with Crippen LogP contribution in [0.15, 0.2) is 65.7 Å². The molecule has 0 unspecified atom stereocenters. The molecule has 0 bridgehead atoms. The van der Waals surface area contributed by atoms with Crippen LogP contribution >= 0.6 is 15.9 Å². The van der Waals surface area contributed by atoms with Crippen molar-refractivity contribution in [1.82, 2.24) is 5.32 Å². The van der Waals surface area contributed by atoms with E-state index in [2.05, 4.69) is 27.8 Å². The van der Waals surface area contributed by atoms with Gasteiger partial charge < -0.3 is 11.1 Å². The van der Waals surface area contributed by atoms with E-state index in [0.29, 0.717) is 10.0 Å². The topological polar surface area (TPSA) is 72.2 Å². The highest BCUT2D eigenvalue weighted by Gasteiger charge is 2.22. The van der Waals surface area contributed by atoms with Crippen molar-refractivity contribution in [2.75, 3.05) is 0 Å². The molecular formula is C20H17BrN2O2. The molecule has 126 valence electrons. The van der Waals surface area contributed by atoms with Crippen LogP contribution in [0.25, 0.3) is 21.5 Å². The highest BCUT2D eigenvalue weighted by Crippen LogP contribution is 2.28. The Morgan fingerprint density at radius 3 is 2.04 bits per heavy atom. The number of benzene rings is 3. The summed E-state index contributed by atoms with van der Waals surface area (Å²) in [5.74, 6) is -0.927. The van der Waals surface area contributed by atoms with Gasteiger partial charge in [0.25, 0.3) is 5.91 Å². The second-order valence-electron chi connectivity index (χ2n) is 5.84. The third-order valence-electron chi connectivity index (χ3n) is 4.07. The van der Waals surface area contributed by atoms with Crippen molar-refractivity contribution in [2.24, 2.45) is 5.73 Å². The lowest BCUT2D eigenvalue weighted by Crippen LogP contribution is -2.44. The molecule has 3 rings (SSSR count). The normalized spacial score (nSPS) is 12.0. The first-order valence-electron chi connectivity index (χ1n) is 7.81. The minimum atomic E-state index is -0.822. The first kappa shape index (κ1) is 17.2. The van der Waals surface area contributed by atoms with Crippen LogP contribution in [0.5, 0.6) is 0 Å². The minimum absolute atomic E-state index is 0.240. The van der Waals surface area contributed by atoms with Crippen LogP contribution < -0.4 is 11.1 Å². The molecule has 4 nitrogen and oxygen atoms in total. The molecule has 0 saturated carbocycles. The maximum Gasteiger partial charge on any atom is 0.253 e. The summed E-state index contributed by atoms with van der Waals surface area (Å²) in [5.41, 5.74) is 5.96. The van der Waals surface area contributed by atoms with Crippen molar-refractivity contribution >= 4 is 49.3 Å². The van der Waals surface area contributed by atoms with E-state index >= 15 is 0 Å². The van der Waals surface area contributed by atoms with Crippen LogP contribution in [-0.4, -0.2) is 17.9 Å². The Balaban J connectivity index is 2.13. The molecule has 25 heavy (non-hydrogen) atoms. The smallest absolute Gasteiger partial charge is 0.253 e. The summed E-state index contributed by atoms with van der Waals surface area (Å²) in [6.07, 6.45) is 0.240. The Bertz CT molecular complexity index is 943. The number of primary amides is 1. The van der Waals surface area contributed by atoms with E-state index < -0.39 is 11.9 Å². The number of rotatable bonds is 5. The molecular weight excluding hydrogens is 380 g/mol. The number of carbonyl (C=O) groups is 2. The van der Waals surface area contributed by atoms with E-state index in [1.165, 1.54) is 0 Å². The first-order valence-corrected chi connectivity index (χ1v) is 8.60. The van der Waals surface area contributed by atoms with Crippen LogP contribution in [0.4, 0.5) is 0 Å². The molecule has 0 aliphatic heterocycles. The largest absolute Gasteiger partial charge is 0.368 e. The molecule has 0 aliphatic carbocycles. The van der Waals surface area contributed by atoms with Gasteiger partial charge in [0.05, 0.1) is 5.56 Å². The van der Waals surface area contributed by atoms with E-state index in [0.717, 1.165) is 21.5 Å². The zero-order chi connectivity index (χ0) is 18.0. The van der Waals surface area contributed by atoms with Gasteiger partial charge in [0.15, 0.2) is 0 Å². The van der Waals surface area contributed by atoms with Crippen LogP contribution in [-0.2, 0) is 4.79 Å². The average molecular weight is 397 g/mol. The van der Waals surface area contributed by atoms with Crippen LogP contribution in [0.3, 0.4) is 0 Å². The monoisotopic (exact) mass is 396 g/mol. The fourth-order valence-electron chi connectivity index (χ4n) is 2.93. The van der Waals surface area contributed by atoms with Gasteiger partial charge in [-0.1, -0.05) is 71.0 Å². The van der Waals surface area contributed by atoms with Crippen molar-refractivity contribution in [3.8, 4) is 0 Å². The second-order valence-corrected chi connectivity index (χ2v) is 6.97. The lowest BCUT2D eigenvalue weighted by molar-refractivity contribution is -0.119. The van der Waals surface area contributed by atoms with Crippen molar-refractivity contribution in [2.45, 2.75) is 12.5 Å². The van der Waals surface area contributed by atoms with Gasteiger partial charge in [-0.2, -0.15) is 0 Å². The lowest BCUT2D eigenvalue weighted by Gasteiger charge is -2.17. The number of carbonyl (C=O) groups excluding carboxylic acids is 2. The van der Waals surface area contributed by atoms with Crippen LogP contribution in [0.2, 0.25) is 0 Å². The molecule has 0 saturated heterocycles. The van der Waals surface area contributed by atoms with Crippen LogP contribution in [0.1, 0.15) is 16.8 Å². The maximum absolute atomic E-state index is 13.0. The molecule has 3 aromatic carbocycles. The number of hydrogen-bond acceptors (Lipinski definition) is 2. The number of hydrogen-bond donors (Lipinski definition) is 2. The number of halogens is 1. The molecule has 0 aromatic heterocycles. The molecule has 3 aromatic rings. The third kappa shape index (κ3) is 3.56. The summed E-state index contributed by atoms with van der Waals surface area (Å²) in [5, 5.41) is 6.34. The summed E-state index contributed by atoms with van der Waals surface area (Å²) >= 11 is 3.22. The molecule has 0 radical (unpaired) electrons. The maximum atomic E-state index is 13.0. The Labute approximate surface area is 153 Å². The summed E-state index contributed by atoms with van der Waals surface area (Å²) in [6.45, 7) is 3.71. The van der Waals surface area contributed by atoms with E-state index in [-0.39, 0.29) is 12.3 Å². The minimum Gasteiger partial charge on any atom is -0.368 e. The van der Waals surface area contributed by atoms with Gasteiger partial charge >= 0.3 is 0 Å². The van der Waals surface area contributed by atoms with Gasteiger partial charge in [-0.3, -0.25) is 9.59 Å². The number of amides is 2. The van der Waals surface area contributed by atoms with E-state index in [4.69, 9.17) is 5.73 Å². The summed E-state index contributed by atoms with van der Waals surface area (Å²) in [4.78, 5) is 24.7. The van der Waals surface area contributed by atoms with Gasteiger partial charge in [0, 0.05) is 6.42 Å². The van der Waals surface area contributed by atoms with Gasteiger partial charge in [-0.05, 0) is 32.1 Å². The summed E-state index contributed by atoms with van der Waals surface area (Å²) in [7, 11) is 0. The predicted octanol–water partition coefficient (Wildman–Crippen LogP) is 3.88. The fourth-order valence-corrected chi connectivity index (χ4v) is 3.26. The molecule has 5 heteroatoms. The van der Waals surface area contributed by atoms with Gasteiger partial charge in [-0.25, -0.2) is 0 Å². The van der Waals surface area contributed by atoms with Gasteiger partial charge in [0.1, 0.15) is 6.04 Å². The molecule has 1 atom stereocenters. The van der Waals surface area contributed by atoms with Crippen LogP contribution in [0, 0.1) is 0 Å². The average Bonchev–Trinajstić information content (AvgIpc) is 2.58. The molecule has 0 heterocycles. The van der Waals surface area contributed by atoms with E-state index in [1.807, 2.05) is 54.6 Å². The summed E-state index contributed by atoms with van der Waals surface area (Å²) < 4.78 is 0.597. The molecule has 0 aliphatic rings. The van der Waals surface area contributed by atoms with Gasteiger partial charge in [-0.15, -0.1) is 0 Å². The first-order chi connectivity index (χ1) is 12.0. The highest BCUT2D eigenvalue weighted by molar-refractivity contribution is 9.11. The Morgan fingerprint density at radius 1 is 1.04 bits per heavy atom. The molecule has 0 fully saturated rings. The van der Waals surface area contributed by atoms with Crippen molar-refractivity contribution < 1.29 is 9.59 Å². The number of fused-ring (bicyclic) bond motifs is 2. The molecule has 3 N–H and O–H groups in total. The van der Waals surface area contributed by atoms with E-state index in [9.17, 15) is 9.59 Å². The Morgan fingerprint density at radius 2 is 1.56 bits per heavy atom. The quantitative estimate of drug-likeness (QED) is 0.642. The van der Waals surface area contributed by atoms with Gasteiger partial charge in [0.2, 0.25) is 5.91 Å². The number of nitrogens with one attached hydrogen (secondary N) is 1. The lowest BCUT2D eigenvalue weighted by atomic mass is 9.96. The van der Waals surface area contributed by atoms with Crippen molar-refractivity contribution in [3.05, 3.63) is 71.2 Å². The van der Waals surface area contributed by atoms with Crippen molar-refractivity contribution in [1.29, 1.82) is 0 Å². The van der Waals surface area contributed by atoms with Crippen molar-refractivity contribution in [3.63, 3.8) is 0 Å². The molecule has 2 amide bonds. The zero-order valence-corrected chi connectivity index (χ0v) is 15.0. The second kappa shape index (κ2) is 7.07. The summed E-state index contributed by atoms with van der Waals surface area (Å²) in [6, 6.07) is 16.6. The number of nitrogens with two attached hydrogens (primary N) is 1. The third-order valence-corrected chi connectivity index (χ3v) is 4.40. The molecule has 0 spiro atoms. The SMILES string of the molecule is C=C(Br)C[C@@H](NC(=O)c1c2ccccc2cc2ccccc12)C(N)=O. The Kier molecular flexibility index (Phi) is 4.86. The zero-order valence-electron chi connectivity index (χ0n) is 13.5. The standard InChI is InChI=1S/C20H17BrN2O2/c1-12(21)10-17(19(22)24)23-20(25)18-15-8-4-2-6-13(15)11-14-7-3-5-9-16(14)18/h2-9,11,17H,1,10H2,(H2,22,24)(H,23,25)/t17-/m1/s1. The van der Waals surface area contributed by atoms with E-state index in [1.54, 1.807) is 0 Å². The predicted molar refractivity (Wildman–Crippen MR) is 105 cm³/mol. The Hall–Kier alpha value is -2.66. The fraction of sp³-hybridized carbons (Fsp3) is 0.100.